The normalized spacial score (nSPS) is 11.1. The monoisotopic (exact) mass is 464 g/mol. The summed E-state index contributed by atoms with van der Waals surface area (Å²) in [7, 11) is 0. The number of benzene rings is 2. The van der Waals surface area contributed by atoms with Gasteiger partial charge in [0.25, 0.3) is 0 Å². The number of aromatic nitrogens is 4. The van der Waals surface area contributed by atoms with Gasteiger partial charge in [-0.05, 0) is 43.5 Å². The van der Waals surface area contributed by atoms with Crippen molar-refractivity contribution in [3.05, 3.63) is 87.7 Å². The lowest BCUT2D eigenvalue weighted by molar-refractivity contribution is 0.102. The van der Waals surface area contributed by atoms with Crippen LogP contribution in [0.25, 0.3) is 11.4 Å². The van der Waals surface area contributed by atoms with E-state index in [1.54, 1.807) is 0 Å². The predicted octanol–water partition coefficient (Wildman–Crippen LogP) is 6.13. The Hall–Kier alpha value is -2.83. The van der Waals surface area contributed by atoms with Gasteiger partial charge in [-0.3, -0.25) is 9.89 Å². The first-order valence-electron chi connectivity index (χ1n) is 10.5. The Morgan fingerprint density at radius 1 is 1.12 bits per heavy atom. The van der Waals surface area contributed by atoms with Crippen molar-refractivity contribution in [3.63, 3.8) is 0 Å². The van der Waals surface area contributed by atoms with Crippen LogP contribution < -0.4 is 0 Å². The van der Waals surface area contributed by atoms with E-state index in [-0.39, 0.29) is 11.5 Å². The second-order valence-corrected chi connectivity index (χ2v) is 9.04. The summed E-state index contributed by atoms with van der Waals surface area (Å²) in [6.45, 7) is 6.76. The highest BCUT2D eigenvalue weighted by Gasteiger charge is 2.18. The third-order valence-electron chi connectivity index (χ3n) is 5.59. The number of aromatic amines is 1. The maximum Gasteiger partial charge on any atom is 0.209 e. The molecule has 1 N–H and O–H groups in total. The maximum atomic E-state index is 12.9. The van der Waals surface area contributed by atoms with Gasteiger partial charge in [-0.15, -0.1) is 5.10 Å². The van der Waals surface area contributed by atoms with E-state index in [0.717, 1.165) is 39.5 Å². The van der Waals surface area contributed by atoms with Crippen molar-refractivity contribution in [2.24, 2.45) is 0 Å². The topological polar surface area (TPSA) is 63.6 Å². The lowest BCUT2D eigenvalue weighted by atomic mass is 10.1. The minimum atomic E-state index is 0.0622. The molecule has 4 aromatic rings. The number of H-pyrrole nitrogens is 1. The number of hydrogen-bond acceptors (Lipinski definition) is 4. The number of aryl methyl sites for hydroxylation is 2. The van der Waals surface area contributed by atoms with Crippen LogP contribution in [0.3, 0.4) is 0 Å². The van der Waals surface area contributed by atoms with Crippen LogP contribution in [0.5, 0.6) is 0 Å². The van der Waals surface area contributed by atoms with Crippen molar-refractivity contribution in [1.82, 2.24) is 19.7 Å². The first-order valence-corrected chi connectivity index (χ1v) is 11.9. The predicted molar refractivity (Wildman–Crippen MR) is 131 cm³/mol. The zero-order chi connectivity index (χ0) is 22.7. The number of ketones is 1. The number of rotatable bonds is 8. The third-order valence-corrected chi connectivity index (χ3v) is 6.81. The molecular weight excluding hydrogens is 440 g/mol. The molecule has 0 aliphatic heterocycles. The second kappa shape index (κ2) is 9.76. The fourth-order valence-electron chi connectivity index (χ4n) is 3.67. The number of hydrogen-bond donors (Lipinski definition) is 1. The molecule has 0 amide bonds. The van der Waals surface area contributed by atoms with E-state index < -0.39 is 0 Å². The van der Waals surface area contributed by atoms with E-state index in [2.05, 4.69) is 38.8 Å². The molecule has 0 spiro atoms. The zero-order valence-electron chi connectivity index (χ0n) is 18.4. The average molecular weight is 465 g/mol. The van der Waals surface area contributed by atoms with Gasteiger partial charge in [0.2, 0.25) is 5.16 Å². The van der Waals surface area contributed by atoms with Crippen LogP contribution in [0, 0.1) is 13.8 Å². The van der Waals surface area contributed by atoms with Gasteiger partial charge in [0, 0.05) is 34.1 Å². The van der Waals surface area contributed by atoms with Gasteiger partial charge in [0.1, 0.15) is 0 Å². The van der Waals surface area contributed by atoms with Crippen LogP contribution in [-0.2, 0) is 13.0 Å². The van der Waals surface area contributed by atoms with E-state index in [1.165, 1.54) is 17.3 Å². The minimum Gasteiger partial charge on any atom is -0.344 e. The Morgan fingerprint density at radius 2 is 1.88 bits per heavy atom. The molecule has 0 radical (unpaired) electrons. The van der Waals surface area contributed by atoms with E-state index >= 15 is 0 Å². The zero-order valence-corrected chi connectivity index (χ0v) is 19.9. The van der Waals surface area contributed by atoms with Gasteiger partial charge >= 0.3 is 0 Å². The van der Waals surface area contributed by atoms with Gasteiger partial charge in [0.15, 0.2) is 11.6 Å². The van der Waals surface area contributed by atoms with Crippen molar-refractivity contribution >= 4 is 29.1 Å². The standard InChI is InChI=1S/C25H25ClN4OS/c1-4-18-9-11-19(12-10-18)24-27-25(29-28-24)32-15-23(31)21-13-16(2)30(17(21)3)14-20-7-5-6-8-22(20)26/h5-13H,4,14-15H2,1-3H3,(H,27,28,29). The van der Waals surface area contributed by atoms with Crippen molar-refractivity contribution in [3.8, 4) is 11.4 Å². The molecule has 0 aliphatic rings. The Balaban J connectivity index is 1.43. The summed E-state index contributed by atoms with van der Waals surface area (Å²) in [6, 6.07) is 18.0. The molecule has 0 bridgehead atoms. The third kappa shape index (κ3) is 4.81. The lowest BCUT2D eigenvalue weighted by Gasteiger charge is -2.11. The summed E-state index contributed by atoms with van der Waals surface area (Å²) >= 11 is 7.67. The van der Waals surface area contributed by atoms with E-state index in [0.29, 0.717) is 17.5 Å². The molecule has 7 heteroatoms. The van der Waals surface area contributed by atoms with Crippen LogP contribution in [0.1, 0.15) is 39.8 Å². The summed E-state index contributed by atoms with van der Waals surface area (Å²) in [5.74, 6) is 1.05. The van der Waals surface area contributed by atoms with Crippen molar-refractivity contribution in [2.75, 3.05) is 5.75 Å². The fourth-order valence-corrected chi connectivity index (χ4v) is 4.55. The molecule has 0 unspecified atom stereocenters. The lowest BCUT2D eigenvalue weighted by Crippen LogP contribution is -2.08. The second-order valence-electron chi connectivity index (χ2n) is 7.69. The van der Waals surface area contributed by atoms with Crippen LogP contribution in [-0.4, -0.2) is 31.3 Å². The van der Waals surface area contributed by atoms with E-state index in [9.17, 15) is 4.79 Å². The summed E-state index contributed by atoms with van der Waals surface area (Å²) in [6.07, 6.45) is 0.999. The van der Waals surface area contributed by atoms with E-state index in [4.69, 9.17) is 11.6 Å². The Bertz CT molecular complexity index is 1240. The van der Waals surface area contributed by atoms with Gasteiger partial charge in [0.05, 0.1) is 5.75 Å². The summed E-state index contributed by atoms with van der Waals surface area (Å²) < 4.78 is 2.13. The molecular formula is C25H25ClN4OS. The summed E-state index contributed by atoms with van der Waals surface area (Å²) in [5.41, 5.74) is 6.00. The summed E-state index contributed by atoms with van der Waals surface area (Å²) in [4.78, 5) is 17.5. The van der Waals surface area contributed by atoms with Crippen LogP contribution in [0.15, 0.2) is 59.8 Å². The smallest absolute Gasteiger partial charge is 0.209 e. The van der Waals surface area contributed by atoms with Gasteiger partial charge in [-0.1, -0.05) is 72.8 Å². The molecule has 4 rings (SSSR count). The highest BCUT2D eigenvalue weighted by atomic mass is 35.5. The number of nitrogens with zero attached hydrogens (tertiary/aromatic N) is 3. The molecule has 0 saturated heterocycles. The molecule has 0 saturated carbocycles. The first kappa shape index (κ1) is 22.4. The highest BCUT2D eigenvalue weighted by Crippen LogP contribution is 2.24. The minimum absolute atomic E-state index is 0.0622. The molecule has 0 aliphatic carbocycles. The van der Waals surface area contributed by atoms with E-state index in [1.807, 2.05) is 56.3 Å². The molecule has 0 atom stereocenters. The molecule has 2 aromatic heterocycles. The number of Topliss-reactive ketones (excluding diaryl/α,β-unsaturated/α-hetero) is 1. The average Bonchev–Trinajstić information content (AvgIpc) is 3.39. The van der Waals surface area contributed by atoms with Crippen molar-refractivity contribution in [2.45, 2.75) is 38.9 Å². The highest BCUT2D eigenvalue weighted by molar-refractivity contribution is 7.99. The molecule has 2 heterocycles. The number of carbonyl (C=O) groups excluding carboxylic acids is 1. The van der Waals surface area contributed by atoms with Crippen LogP contribution >= 0.6 is 23.4 Å². The van der Waals surface area contributed by atoms with Crippen LogP contribution in [0.4, 0.5) is 0 Å². The Labute approximate surface area is 197 Å². The molecule has 5 nitrogen and oxygen atoms in total. The first-order chi connectivity index (χ1) is 15.5. The SMILES string of the molecule is CCc1ccc(-c2nc(SCC(=O)c3cc(C)n(Cc4ccccc4Cl)c3C)n[nH]2)cc1. The van der Waals surface area contributed by atoms with Crippen molar-refractivity contribution < 1.29 is 4.79 Å². The van der Waals surface area contributed by atoms with Gasteiger partial charge in [-0.2, -0.15) is 0 Å². The Morgan fingerprint density at radius 3 is 2.59 bits per heavy atom. The van der Waals surface area contributed by atoms with Crippen molar-refractivity contribution in [1.29, 1.82) is 0 Å². The maximum absolute atomic E-state index is 12.9. The van der Waals surface area contributed by atoms with Gasteiger partial charge < -0.3 is 4.57 Å². The fraction of sp³-hybridized carbons (Fsp3) is 0.240. The molecule has 32 heavy (non-hydrogen) atoms. The quantitative estimate of drug-likeness (QED) is 0.251. The summed E-state index contributed by atoms with van der Waals surface area (Å²) in [5, 5.41) is 8.53. The van der Waals surface area contributed by atoms with Gasteiger partial charge in [-0.25, -0.2) is 4.98 Å². The number of halogens is 1. The number of nitrogens with one attached hydrogen (secondary N) is 1. The number of carbonyl (C=O) groups is 1. The molecule has 2 aromatic carbocycles. The number of thioether (sulfide) groups is 1. The van der Waals surface area contributed by atoms with Crippen LogP contribution in [0.2, 0.25) is 5.02 Å². The molecule has 0 fully saturated rings. The largest absolute Gasteiger partial charge is 0.344 e. The molecule has 164 valence electrons. The Kier molecular flexibility index (Phi) is 6.82.